The van der Waals surface area contributed by atoms with Gasteiger partial charge in [0.15, 0.2) is 5.78 Å². The van der Waals surface area contributed by atoms with Crippen LogP contribution in [0.15, 0.2) is 46.0 Å². The number of ether oxygens (including phenoxy) is 4. The summed E-state index contributed by atoms with van der Waals surface area (Å²) in [6, 6.07) is 3.55. The van der Waals surface area contributed by atoms with Crippen LogP contribution < -0.4 is 0 Å². The third kappa shape index (κ3) is 6.05. The number of carbonyl (C=O) groups excluding carboxylic acids is 6. The molecule has 4 aliphatic carbocycles. The van der Waals surface area contributed by atoms with Crippen molar-refractivity contribution in [2.45, 2.75) is 104 Å². The largest absolute Gasteiger partial charge is 0.472 e. The van der Waals surface area contributed by atoms with Gasteiger partial charge in [-0.1, -0.05) is 34.6 Å². The van der Waals surface area contributed by atoms with Crippen molar-refractivity contribution in [2.24, 2.45) is 63.1 Å². The number of cyclic esters (lactones) is 2. The molecule has 6 fully saturated rings. The summed E-state index contributed by atoms with van der Waals surface area (Å²) < 4.78 is 31.8. The number of aliphatic hydroxyl groups excluding tert-OH is 1. The zero-order chi connectivity index (χ0) is 40.5. The average Bonchev–Trinajstić information content (AvgIpc) is 3.89. The van der Waals surface area contributed by atoms with Gasteiger partial charge in [0, 0.05) is 28.9 Å². The van der Waals surface area contributed by atoms with Gasteiger partial charge in [0.25, 0.3) is 0 Å². The molecule has 0 spiro atoms. The zero-order valence-electron chi connectivity index (χ0n) is 33.2. The van der Waals surface area contributed by atoms with E-state index in [0.717, 1.165) is 11.1 Å². The first-order valence-corrected chi connectivity index (χ1v) is 19.8. The van der Waals surface area contributed by atoms with Crippen molar-refractivity contribution in [1.29, 1.82) is 0 Å². The molecule has 6 aliphatic rings. The first-order chi connectivity index (χ1) is 26.4. The number of hydrogen-bond donors (Lipinski definition) is 1. The van der Waals surface area contributed by atoms with Crippen LogP contribution in [0.3, 0.4) is 0 Å². The second-order valence-corrected chi connectivity index (χ2v) is 18.3. The monoisotopic (exact) mass is 778 g/mol. The Hall–Kier alpha value is -4.26. The van der Waals surface area contributed by atoms with Crippen molar-refractivity contribution >= 4 is 35.4 Å². The van der Waals surface area contributed by atoms with E-state index in [2.05, 4.69) is 0 Å². The van der Waals surface area contributed by atoms with Crippen molar-refractivity contribution < 1.29 is 61.7 Å². The van der Waals surface area contributed by atoms with Crippen LogP contribution in [0.4, 0.5) is 0 Å². The van der Waals surface area contributed by atoms with Gasteiger partial charge in [0.05, 0.1) is 62.9 Å². The second-order valence-electron chi connectivity index (χ2n) is 18.3. The molecule has 0 radical (unpaired) electrons. The molecule has 2 unspecified atom stereocenters. The summed E-state index contributed by atoms with van der Waals surface area (Å²) >= 11 is 0. The maximum Gasteiger partial charge on any atom is 0.310 e. The van der Waals surface area contributed by atoms with Crippen molar-refractivity contribution in [3.05, 3.63) is 48.3 Å². The molecule has 0 bridgehead atoms. The molecule has 13 heteroatoms. The molecule has 13 nitrogen and oxygen atoms in total. The predicted octanol–water partition coefficient (Wildman–Crippen LogP) is 6.13. The molecule has 2 aromatic heterocycles. The van der Waals surface area contributed by atoms with Crippen molar-refractivity contribution in [1.82, 2.24) is 0 Å². The number of fused-ring (bicyclic) bond motifs is 6. The maximum absolute atomic E-state index is 13.5. The van der Waals surface area contributed by atoms with Gasteiger partial charge in [-0.15, -0.1) is 0 Å². The van der Waals surface area contributed by atoms with Crippen LogP contribution in [-0.4, -0.2) is 60.9 Å². The van der Waals surface area contributed by atoms with E-state index in [1.165, 1.54) is 20.5 Å². The Morgan fingerprint density at radius 2 is 1.11 bits per heavy atom. The summed E-state index contributed by atoms with van der Waals surface area (Å²) in [5.74, 6) is -4.30. The van der Waals surface area contributed by atoms with E-state index in [0.29, 0.717) is 44.9 Å². The number of esters is 4. The number of aliphatic hydroxyl groups is 1. The van der Waals surface area contributed by atoms with Gasteiger partial charge in [-0.25, -0.2) is 0 Å². The Morgan fingerprint density at radius 3 is 1.52 bits per heavy atom. The fraction of sp³-hybridized carbons (Fsp3) is 0.674. The Morgan fingerprint density at radius 1 is 0.679 bits per heavy atom. The third-order valence-corrected chi connectivity index (χ3v) is 15.3. The predicted molar refractivity (Wildman–Crippen MR) is 195 cm³/mol. The molecule has 304 valence electrons. The van der Waals surface area contributed by atoms with E-state index in [9.17, 15) is 33.9 Å². The lowest BCUT2D eigenvalue weighted by molar-refractivity contribution is -0.208. The molecule has 1 N–H and O–H groups in total. The highest BCUT2D eigenvalue weighted by Crippen LogP contribution is 2.67. The molecular formula is C43H54O13. The molecule has 2 saturated heterocycles. The highest BCUT2D eigenvalue weighted by Gasteiger charge is 2.68. The summed E-state index contributed by atoms with van der Waals surface area (Å²) in [4.78, 5) is 77.6. The quantitative estimate of drug-likeness (QED) is 0.276. The van der Waals surface area contributed by atoms with E-state index >= 15 is 0 Å². The van der Waals surface area contributed by atoms with Gasteiger partial charge in [-0.2, -0.15) is 0 Å². The summed E-state index contributed by atoms with van der Waals surface area (Å²) in [6.07, 6.45) is 7.92. The van der Waals surface area contributed by atoms with Crippen LogP contribution in [0.5, 0.6) is 0 Å². The number of rotatable bonds is 4. The molecule has 56 heavy (non-hydrogen) atoms. The second kappa shape index (κ2) is 14.3. The lowest BCUT2D eigenvalue weighted by atomic mass is 9.42. The summed E-state index contributed by atoms with van der Waals surface area (Å²) in [7, 11) is 2.73. The summed E-state index contributed by atoms with van der Waals surface area (Å²) in [5.41, 5.74) is -0.930. The number of methoxy groups -OCH3 is 2. The number of furan rings is 2. The minimum Gasteiger partial charge on any atom is -0.472 e. The summed E-state index contributed by atoms with van der Waals surface area (Å²) in [5, 5.41) is 10.5. The summed E-state index contributed by atoms with van der Waals surface area (Å²) in [6.45, 7) is 9.82. The van der Waals surface area contributed by atoms with Gasteiger partial charge >= 0.3 is 23.9 Å². The molecule has 4 saturated carbocycles. The van der Waals surface area contributed by atoms with Gasteiger partial charge in [0.2, 0.25) is 0 Å². The number of carbonyl (C=O) groups is 6. The lowest BCUT2D eigenvalue weighted by Crippen LogP contribution is -2.64. The van der Waals surface area contributed by atoms with Gasteiger partial charge < -0.3 is 32.9 Å². The zero-order valence-corrected chi connectivity index (χ0v) is 33.2. The minimum absolute atomic E-state index is 0.0643. The molecule has 2 aromatic rings. The Bertz CT molecular complexity index is 1730. The van der Waals surface area contributed by atoms with Crippen LogP contribution in [0, 0.1) is 63.1 Å². The van der Waals surface area contributed by atoms with Crippen LogP contribution in [-0.2, 0) is 47.7 Å². The average molecular weight is 779 g/mol. The molecule has 0 aromatic carbocycles. The van der Waals surface area contributed by atoms with Crippen LogP contribution in [0.1, 0.15) is 109 Å². The molecule has 2 aliphatic heterocycles. The fourth-order valence-electron chi connectivity index (χ4n) is 12.6. The SMILES string of the molecule is COC(=O)[C@@H]1C[C@@H](C)C(=O)[C@H]2[C@@]1(C)CCC1C(=O)O[C@@H](c3ccoc3)C[C@@]12C.COC(=O)[C@@H]1C[C@H](O)C(=O)[C@H]2[C@@]1(C)CCC1C(=O)O[C@@H](c3ccoc3)C[C@@]12C. The van der Waals surface area contributed by atoms with E-state index in [4.69, 9.17) is 27.8 Å². The molecule has 14 atom stereocenters. The molecular weight excluding hydrogens is 724 g/mol. The van der Waals surface area contributed by atoms with Gasteiger partial charge in [0.1, 0.15) is 24.1 Å². The smallest absolute Gasteiger partial charge is 0.310 e. The number of Topliss-reactive ketones (excluding diaryl/α,β-unsaturated/α-hetero) is 2. The van der Waals surface area contributed by atoms with E-state index < -0.39 is 63.7 Å². The van der Waals surface area contributed by atoms with E-state index in [1.54, 1.807) is 30.9 Å². The first kappa shape index (κ1) is 40.0. The normalized spacial score (nSPS) is 42.9. The van der Waals surface area contributed by atoms with Crippen molar-refractivity contribution in [2.75, 3.05) is 14.2 Å². The fourth-order valence-corrected chi connectivity index (χ4v) is 12.6. The maximum atomic E-state index is 13.5. The standard InChI is InChI=1S/C22H28O6.C21H26O7/c1-12-9-15(19(24)26-4)21(2)7-5-14-20(25)28-16(13-6-8-27-11-13)10-22(14,3)18(21)17(12)23;1-20-6-4-12-19(25)28-15(11-5-7-27-10-11)9-21(12,2)17(20)16(23)14(22)8-13(20)18(24)26-3/h6,8,11-12,14-16,18H,5,7,9-10H2,1-4H3;5,7,10,12-15,17,22H,4,6,8-9H2,1-3H3/t12-,14?,15+,16-,18+,21+,22+;12?,13-,14-,15+,17-,20-,21-/m10/s1. The first-order valence-electron chi connectivity index (χ1n) is 19.8. The Labute approximate surface area is 326 Å². The number of hydrogen-bond acceptors (Lipinski definition) is 13. The van der Waals surface area contributed by atoms with Gasteiger partial charge in [-0.05, 0) is 85.2 Å². The van der Waals surface area contributed by atoms with Crippen molar-refractivity contribution in [3.8, 4) is 0 Å². The Balaban J connectivity index is 0.000000172. The van der Waals surface area contributed by atoms with Crippen LogP contribution in [0.2, 0.25) is 0 Å². The molecule has 0 amide bonds. The van der Waals surface area contributed by atoms with Gasteiger partial charge in [-0.3, -0.25) is 28.8 Å². The highest BCUT2D eigenvalue weighted by molar-refractivity contribution is 5.92. The van der Waals surface area contributed by atoms with Crippen LogP contribution >= 0.6 is 0 Å². The minimum atomic E-state index is -1.23. The Kier molecular flexibility index (Phi) is 10.2. The topological polar surface area (TPSA) is 186 Å². The third-order valence-electron chi connectivity index (χ3n) is 15.3. The highest BCUT2D eigenvalue weighted by atomic mass is 16.6. The molecule has 4 heterocycles. The number of ketones is 2. The van der Waals surface area contributed by atoms with E-state index in [-0.39, 0.29) is 59.6 Å². The van der Waals surface area contributed by atoms with Crippen LogP contribution in [0.25, 0.3) is 0 Å². The van der Waals surface area contributed by atoms with E-state index in [1.807, 2.05) is 34.6 Å². The lowest BCUT2D eigenvalue weighted by Gasteiger charge is -2.61. The molecule has 8 rings (SSSR count). The van der Waals surface area contributed by atoms with Crippen molar-refractivity contribution in [3.63, 3.8) is 0 Å².